The zero-order chi connectivity index (χ0) is 23.6. The standard InChI is InChI=1S/C26H30N4O3/c1-26(2,3)33-25(32)23(13-17-15-29-22-11-7-5-9-19(17)22)30-24(31)20(27)12-16-14-28-21-10-6-4-8-18(16)21/h4-11,14-15,20,23,28-29H,12-13,27H2,1-3H3,(H,30,31)/t20-,23-/m0/s1. The van der Waals surface area contributed by atoms with Crippen LogP contribution in [-0.4, -0.2) is 39.5 Å². The van der Waals surface area contributed by atoms with Crippen LogP contribution in [0.3, 0.4) is 0 Å². The highest BCUT2D eigenvalue weighted by Crippen LogP contribution is 2.21. The molecule has 172 valence electrons. The highest BCUT2D eigenvalue weighted by Gasteiger charge is 2.29. The average Bonchev–Trinajstić information content (AvgIpc) is 3.36. The van der Waals surface area contributed by atoms with E-state index in [9.17, 15) is 9.59 Å². The molecule has 2 heterocycles. The monoisotopic (exact) mass is 446 g/mol. The van der Waals surface area contributed by atoms with Crippen molar-refractivity contribution in [1.82, 2.24) is 15.3 Å². The highest BCUT2D eigenvalue weighted by molar-refractivity contribution is 5.90. The number of H-pyrrole nitrogens is 2. The van der Waals surface area contributed by atoms with Crippen LogP contribution in [0.5, 0.6) is 0 Å². The van der Waals surface area contributed by atoms with Gasteiger partial charge in [0.2, 0.25) is 5.91 Å². The molecule has 4 rings (SSSR count). The SMILES string of the molecule is CC(C)(C)OC(=O)[C@H](Cc1c[nH]c2ccccc12)NC(=O)[C@@H](N)Cc1c[nH]c2ccccc12. The van der Waals surface area contributed by atoms with E-state index < -0.39 is 29.6 Å². The maximum absolute atomic E-state index is 13.0. The fourth-order valence-corrected chi connectivity index (χ4v) is 4.00. The second kappa shape index (κ2) is 9.11. The molecule has 0 unspecified atom stereocenters. The molecule has 33 heavy (non-hydrogen) atoms. The van der Waals surface area contributed by atoms with Crippen LogP contribution in [0.4, 0.5) is 0 Å². The lowest BCUT2D eigenvalue weighted by molar-refractivity contribution is -0.158. The lowest BCUT2D eigenvalue weighted by atomic mass is 10.0. The van der Waals surface area contributed by atoms with Crippen molar-refractivity contribution in [3.8, 4) is 0 Å². The molecule has 0 saturated heterocycles. The molecule has 0 bridgehead atoms. The summed E-state index contributed by atoms with van der Waals surface area (Å²) >= 11 is 0. The van der Waals surface area contributed by atoms with E-state index in [0.717, 1.165) is 32.9 Å². The van der Waals surface area contributed by atoms with Crippen LogP contribution in [0, 0.1) is 0 Å². The van der Waals surface area contributed by atoms with Gasteiger partial charge < -0.3 is 25.8 Å². The highest BCUT2D eigenvalue weighted by atomic mass is 16.6. The largest absolute Gasteiger partial charge is 0.458 e. The van der Waals surface area contributed by atoms with E-state index in [4.69, 9.17) is 10.5 Å². The topological polar surface area (TPSA) is 113 Å². The molecule has 5 N–H and O–H groups in total. The summed E-state index contributed by atoms with van der Waals surface area (Å²) in [6.45, 7) is 5.41. The molecule has 0 fully saturated rings. The van der Waals surface area contributed by atoms with Crippen LogP contribution in [0.25, 0.3) is 21.8 Å². The first kappa shape index (κ1) is 22.6. The number of ether oxygens (including phenoxy) is 1. The minimum absolute atomic E-state index is 0.296. The molecule has 0 aliphatic carbocycles. The number of benzene rings is 2. The van der Waals surface area contributed by atoms with Crippen molar-refractivity contribution >= 4 is 33.7 Å². The normalized spacial score (nSPS) is 13.7. The van der Waals surface area contributed by atoms with Gasteiger partial charge in [-0.25, -0.2) is 4.79 Å². The molecule has 2 atom stereocenters. The average molecular weight is 447 g/mol. The molecule has 2 aromatic carbocycles. The number of hydrogen-bond donors (Lipinski definition) is 4. The second-order valence-electron chi connectivity index (χ2n) is 9.33. The molecule has 4 aromatic rings. The number of carbonyl (C=O) groups excluding carboxylic acids is 2. The van der Waals surface area contributed by atoms with Crippen molar-refractivity contribution in [2.24, 2.45) is 5.73 Å². The maximum atomic E-state index is 13.0. The Hall–Kier alpha value is -3.58. The van der Waals surface area contributed by atoms with Crippen LogP contribution in [0.1, 0.15) is 31.9 Å². The van der Waals surface area contributed by atoms with Crippen LogP contribution < -0.4 is 11.1 Å². The molecule has 0 saturated carbocycles. The zero-order valence-corrected chi connectivity index (χ0v) is 19.1. The molecule has 0 aliphatic rings. The maximum Gasteiger partial charge on any atom is 0.329 e. The summed E-state index contributed by atoms with van der Waals surface area (Å²) in [7, 11) is 0. The first-order valence-corrected chi connectivity index (χ1v) is 11.1. The molecule has 0 radical (unpaired) electrons. The number of aromatic amines is 2. The van der Waals surface area contributed by atoms with E-state index in [1.165, 1.54) is 0 Å². The molecule has 0 spiro atoms. The number of hydrogen-bond acceptors (Lipinski definition) is 4. The van der Waals surface area contributed by atoms with E-state index in [-0.39, 0.29) is 0 Å². The second-order valence-corrected chi connectivity index (χ2v) is 9.33. The third kappa shape index (κ3) is 5.26. The van der Waals surface area contributed by atoms with E-state index >= 15 is 0 Å². The van der Waals surface area contributed by atoms with Crippen LogP contribution in [0.15, 0.2) is 60.9 Å². The number of nitrogens with one attached hydrogen (secondary N) is 3. The van der Waals surface area contributed by atoms with Crippen molar-refractivity contribution in [2.45, 2.75) is 51.3 Å². The van der Waals surface area contributed by atoms with Gasteiger partial charge in [0, 0.05) is 40.6 Å². The molecule has 2 aromatic heterocycles. The molecular formula is C26H30N4O3. The summed E-state index contributed by atoms with van der Waals surface area (Å²) in [5.41, 5.74) is 9.42. The van der Waals surface area contributed by atoms with Crippen molar-refractivity contribution in [3.63, 3.8) is 0 Å². The summed E-state index contributed by atoms with van der Waals surface area (Å²) in [6.07, 6.45) is 4.38. The lowest BCUT2D eigenvalue weighted by Crippen LogP contribution is -2.51. The minimum Gasteiger partial charge on any atom is -0.458 e. The minimum atomic E-state index is -0.857. The predicted molar refractivity (Wildman–Crippen MR) is 130 cm³/mol. The number of amides is 1. The number of fused-ring (bicyclic) bond motifs is 2. The Balaban J connectivity index is 1.52. The van der Waals surface area contributed by atoms with E-state index in [1.54, 1.807) is 20.8 Å². The third-order valence-electron chi connectivity index (χ3n) is 5.56. The first-order valence-electron chi connectivity index (χ1n) is 11.1. The Morgan fingerprint density at radius 3 is 1.97 bits per heavy atom. The Morgan fingerprint density at radius 1 is 0.909 bits per heavy atom. The molecule has 7 nitrogen and oxygen atoms in total. The quantitative estimate of drug-likeness (QED) is 0.325. The predicted octanol–water partition coefficient (Wildman–Crippen LogP) is 3.59. The van der Waals surface area contributed by atoms with Crippen LogP contribution in [0.2, 0.25) is 0 Å². The Morgan fingerprint density at radius 2 is 1.42 bits per heavy atom. The van der Waals surface area contributed by atoms with Gasteiger partial charge in [-0.15, -0.1) is 0 Å². The van der Waals surface area contributed by atoms with E-state index in [0.29, 0.717) is 12.8 Å². The van der Waals surface area contributed by atoms with Crippen LogP contribution in [-0.2, 0) is 27.2 Å². The molecule has 1 amide bonds. The number of aromatic nitrogens is 2. The van der Waals surface area contributed by atoms with E-state index in [1.807, 2.05) is 60.9 Å². The summed E-state index contributed by atoms with van der Waals surface area (Å²) in [5, 5.41) is 4.87. The van der Waals surface area contributed by atoms with Crippen molar-refractivity contribution in [2.75, 3.05) is 0 Å². The number of carbonyl (C=O) groups is 2. The van der Waals surface area contributed by atoms with Gasteiger partial charge in [0.15, 0.2) is 0 Å². The number of nitrogens with two attached hydrogens (primary N) is 1. The molecular weight excluding hydrogens is 416 g/mol. The Kier molecular flexibility index (Phi) is 6.24. The fourth-order valence-electron chi connectivity index (χ4n) is 4.00. The number of para-hydroxylation sites is 2. The Bertz CT molecular complexity index is 1280. The fraction of sp³-hybridized carbons (Fsp3) is 0.308. The first-order chi connectivity index (χ1) is 15.7. The molecule has 7 heteroatoms. The van der Waals surface area contributed by atoms with Gasteiger partial charge in [-0.2, -0.15) is 0 Å². The van der Waals surface area contributed by atoms with Crippen molar-refractivity contribution < 1.29 is 14.3 Å². The zero-order valence-electron chi connectivity index (χ0n) is 19.1. The summed E-state index contributed by atoms with van der Waals surface area (Å²) in [5.74, 6) is -0.878. The van der Waals surface area contributed by atoms with Gasteiger partial charge in [-0.3, -0.25) is 4.79 Å². The number of rotatable bonds is 7. The summed E-state index contributed by atoms with van der Waals surface area (Å²) in [4.78, 5) is 32.4. The summed E-state index contributed by atoms with van der Waals surface area (Å²) in [6, 6.07) is 14.0. The van der Waals surface area contributed by atoms with Gasteiger partial charge in [-0.1, -0.05) is 36.4 Å². The van der Waals surface area contributed by atoms with Gasteiger partial charge >= 0.3 is 5.97 Å². The summed E-state index contributed by atoms with van der Waals surface area (Å²) < 4.78 is 5.60. The van der Waals surface area contributed by atoms with Crippen LogP contribution >= 0.6 is 0 Å². The smallest absolute Gasteiger partial charge is 0.329 e. The number of esters is 1. The lowest BCUT2D eigenvalue weighted by Gasteiger charge is -2.25. The van der Waals surface area contributed by atoms with Crippen molar-refractivity contribution in [3.05, 3.63) is 72.1 Å². The third-order valence-corrected chi connectivity index (χ3v) is 5.56. The van der Waals surface area contributed by atoms with Gasteiger partial charge in [0.05, 0.1) is 6.04 Å². The van der Waals surface area contributed by atoms with Gasteiger partial charge in [0.1, 0.15) is 11.6 Å². The van der Waals surface area contributed by atoms with Gasteiger partial charge in [0.25, 0.3) is 0 Å². The van der Waals surface area contributed by atoms with E-state index in [2.05, 4.69) is 15.3 Å². The van der Waals surface area contributed by atoms with Gasteiger partial charge in [-0.05, 0) is 50.5 Å². The molecule has 0 aliphatic heterocycles. The van der Waals surface area contributed by atoms with Crippen molar-refractivity contribution in [1.29, 1.82) is 0 Å². The Labute approximate surface area is 192 Å².